The highest BCUT2D eigenvalue weighted by Crippen LogP contribution is 2.28. The van der Waals surface area contributed by atoms with E-state index in [1.807, 2.05) is 27.7 Å². The molecule has 3 rings (SSSR count). The Hall–Kier alpha value is -3.06. The zero-order chi connectivity index (χ0) is 23.6. The van der Waals surface area contributed by atoms with Gasteiger partial charge in [-0.25, -0.2) is 19.0 Å². The van der Waals surface area contributed by atoms with Crippen molar-refractivity contribution in [3.63, 3.8) is 0 Å². The number of aromatic nitrogens is 3. The maximum Gasteiger partial charge on any atom is 0.410 e. The number of ether oxygens (including phenoxy) is 2. The van der Waals surface area contributed by atoms with E-state index in [1.165, 1.54) is 4.68 Å². The molecule has 1 aliphatic rings. The van der Waals surface area contributed by atoms with Gasteiger partial charge in [-0.15, -0.1) is 0 Å². The molecule has 0 bridgehead atoms. The fourth-order valence-corrected chi connectivity index (χ4v) is 4.05. The van der Waals surface area contributed by atoms with Crippen LogP contribution in [0.15, 0.2) is 17.1 Å². The molecule has 0 spiro atoms. The molecule has 1 saturated heterocycles. The number of methoxy groups -OCH3 is 1. The molecule has 10 heteroatoms. The Kier molecular flexibility index (Phi) is 6.79. The fraction of sp³-hybridized carbons (Fsp3) is 0.636. The van der Waals surface area contributed by atoms with Gasteiger partial charge in [-0.2, -0.15) is 5.26 Å². The zero-order valence-corrected chi connectivity index (χ0v) is 19.7. The number of hydrogen-bond donors (Lipinski definition) is 0. The minimum Gasteiger partial charge on any atom is -0.444 e. The van der Waals surface area contributed by atoms with Crippen LogP contribution >= 0.6 is 0 Å². The Morgan fingerprint density at radius 1 is 1.31 bits per heavy atom. The van der Waals surface area contributed by atoms with Gasteiger partial charge in [0.15, 0.2) is 5.65 Å². The van der Waals surface area contributed by atoms with E-state index in [0.29, 0.717) is 36.7 Å². The Morgan fingerprint density at radius 2 is 2.03 bits per heavy atom. The monoisotopic (exact) mass is 444 g/mol. The van der Waals surface area contributed by atoms with E-state index in [4.69, 9.17) is 14.7 Å². The third-order valence-corrected chi connectivity index (χ3v) is 5.59. The highest BCUT2D eigenvalue weighted by atomic mass is 16.6. The Balaban J connectivity index is 2.04. The lowest BCUT2D eigenvalue weighted by molar-refractivity contribution is 0.00646. The first-order valence-electron chi connectivity index (χ1n) is 10.8. The summed E-state index contributed by atoms with van der Waals surface area (Å²) in [6.45, 7) is 8.84. The number of hydrogen-bond acceptors (Lipinski definition) is 7. The van der Waals surface area contributed by atoms with Gasteiger partial charge in [-0.1, -0.05) is 6.92 Å². The summed E-state index contributed by atoms with van der Waals surface area (Å²) in [6.07, 6.45) is 2.24. The summed E-state index contributed by atoms with van der Waals surface area (Å²) in [6, 6.07) is 3.38. The van der Waals surface area contributed by atoms with Crippen molar-refractivity contribution in [3.8, 4) is 6.07 Å². The molecule has 2 atom stereocenters. The molecule has 0 unspecified atom stereocenters. The molecule has 32 heavy (non-hydrogen) atoms. The van der Waals surface area contributed by atoms with Gasteiger partial charge in [-0.05, 0) is 27.2 Å². The van der Waals surface area contributed by atoms with Gasteiger partial charge in [0.05, 0.1) is 48.8 Å². The number of aryl methyl sites for hydroxylation is 1. The van der Waals surface area contributed by atoms with E-state index in [1.54, 1.807) is 35.8 Å². The number of fused-ring (bicyclic) bond motifs is 1. The second-order valence-corrected chi connectivity index (χ2v) is 9.08. The van der Waals surface area contributed by atoms with Gasteiger partial charge in [0, 0.05) is 33.3 Å². The van der Waals surface area contributed by atoms with E-state index >= 15 is 0 Å². The molecule has 3 heterocycles. The first kappa shape index (κ1) is 23.6. The minimum absolute atomic E-state index is 0.101. The molecule has 0 N–H and O–H groups in total. The Morgan fingerprint density at radius 3 is 2.62 bits per heavy atom. The number of piperazine rings is 1. The van der Waals surface area contributed by atoms with E-state index in [-0.39, 0.29) is 30.2 Å². The Labute approximate surface area is 187 Å². The number of imidazole rings is 1. The molecule has 0 aliphatic carbocycles. The summed E-state index contributed by atoms with van der Waals surface area (Å²) in [5, 5.41) is 9.08. The molecule has 2 aromatic rings. The standard InChI is InChI=1S/C22H32N6O4/c1-7-16-12-26(17(14-31-6)13-27(16)21(30)32-22(2,3)4)18-10-19(29)25(5)28-11-15(8-9-23)24-20(18)28/h10-11,16-17H,7-8,12-14H2,1-6H3/t16-,17-/m1/s1. The van der Waals surface area contributed by atoms with Gasteiger partial charge >= 0.3 is 6.09 Å². The van der Waals surface area contributed by atoms with Crippen molar-refractivity contribution in [1.82, 2.24) is 19.1 Å². The minimum atomic E-state index is -0.589. The fourth-order valence-electron chi connectivity index (χ4n) is 4.05. The lowest BCUT2D eigenvalue weighted by atomic mass is 10.0. The number of amides is 1. The summed E-state index contributed by atoms with van der Waals surface area (Å²) in [7, 11) is 3.28. The average molecular weight is 445 g/mol. The van der Waals surface area contributed by atoms with Crippen molar-refractivity contribution in [2.24, 2.45) is 7.05 Å². The molecule has 1 amide bonds. The molecule has 0 aromatic carbocycles. The number of nitrogens with zero attached hydrogens (tertiary/aromatic N) is 6. The van der Waals surface area contributed by atoms with Crippen LogP contribution in [0, 0.1) is 11.3 Å². The molecular weight excluding hydrogens is 412 g/mol. The van der Waals surface area contributed by atoms with Crippen LogP contribution in [0.3, 0.4) is 0 Å². The molecule has 1 fully saturated rings. The van der Waals surface area contributed by atoms with Crippen LogP contribution in [0.5, 0.6) is 0 Å². The number of carbonyl (C=O) groups excluding carboxylic acids is 1. The quantitative estimate of drug-likeness (QED) is 0.694. The average Bonchev–Trinajstić information content (AvgIpc) is 3.14. The van der Waals surface area contributed by atoms with Crippen molar-refractivity contribution >= 4 is 17.4 Å². The van der Waals surface area contributed by atoms with Crippen LogP contribution in [-0.4, -0.2) is 69.7 Å². The van der Waals surface area contributed by atoms with Crippen molar-refractivity contribution in [2.75, 3.05) is 31.7 Å². The normalized spacial score (nSPS) is 19.3. The number of nitriles is 1. The van der Waals surface area contributed by atoms with E-state index in [9.17, 15) is 9.59 Å². The molecular formula is C22H32N6O4. The van der Waals surface area contributed by atoms with Gasteiger partial charge in [-0.3, -0.25) is 4.79 Å². The molecule has 174 valence electrons. The smallest absolute Gasteiger partial charge is 0.410 e. The molecule has 2 aromatic heterocycles. The number of rotatable bonds is 5. The van der Waals surface area contributed by atoms with Gasteiger partial charge < -0.3 is 19.3 Å². The highest BCUT2D eigenvalue weighted by Gasteiger charge is 2.38. The van der Waals surface area contributed by atoms with Crippen LogP contribution in [0.2, 0.25) is 0 Å². The van der Waals surface area contributed by atoms with Gasteiger partial charge in [0.1, 0.15) is 5.60 Å². The van der Waals surface area contributed by atoms with Crippen molar-refractivity contribution in [2.45, 2.75) is 58.2 Å². The first-order chi connectivity index (χ1) is 15.1. The lowest BCUT2D eigenvalue weighted by Gasteiger charge is -2.47. The van der Waals surface area contributed by atoms with Crippen molar-refractivity contribution < 1.29 is 14.3 Å². The second-order valence-electron chi connectivity index (χ2n) is 9.08. The predicted octanol–water partition coefficient (Wildman–Crippen LogP) is 1.95. The van der Waals surface area contributed by atoms with E-state index in [0.717, 1.165) is 6.42 Å². The van der Waals surface area contributed by atoms with E-state index in [2.05, 4.69) is 16.0 Å². The van der Waals surface area contributed by atoms with Crippen molar-refractivity contribution in [3.05, 3.63) is 28.3 Å². The summed E-state index contributed by atoms with van der Waals surface area (Å²) >= 11 is 0. The molecule has 0 radical (unpaired) electrons. The highest BCUT2D eigenvalue weighted by molar-refractivity contribution is 5.72. The Bertz CT molecular complexity index is 1080. The summed E-state index contributed by atoms with van der Waals surface area (Å²) < 4.78 is 14.2. The van der Waals surface area contributed by atoms with Crippen LogP contribution in [0.25, 0.3) is 5.65 Å². The van der Waals surface area contributed by atoms with Crippen molar-refractivity contribution in [1.29, 1.82) is 5.26 Å². The van der Waals surface area contributed by atoms with Crippen LogP contribution in [0.1, 0.15) is 39.8 Å². The summed E-state index contributed by atoms with van der Waals surface area (Å²) in [4.78, 5) is 34.1. The van der Waals surface area contributed by atoms with E-state index < -0.39 is 5.60 Å². The van der Waals surface area contributed by atoms with Crippen LogP contribution in [-0.2, 0) is 22.9 Å². The third kappa shape index (κ3) is 4.72. The maximum absolute atomic E-state index is 12.9. The number of carbonyl (C=O) groups is 1. The molecule has 0 saturated carbocycles. The molecule has 1 aliphatic heterocycles. The van der Waals surface area contributed by atoms with Gasteiger partial charge in [0.2, 0.25) is 0 Å². The van der Waals surface area contributed by atoms with Crippen LogP contribution < -0.4 is 10.5 Å². The lowest BCUT2D eigenvalue weighted by Crippen LogP contribution is -2.62. The zero-order valence-electron chi connectivity index (χ0n) is 19.7. The third-order valence-electron chi connectivity index (χ3n) is 5.59. The summed E-state index contributed by atoms with van der Waals surface area (Å²) in [5.41, 5.74) is 1.08. The summed E-state index contributed by atoms with van der Waals surface area (Å²) in [5.74, 6) is 0. The maximum atomic E-state index is 12.9. The number of anilines is 1. The first-order valence-corrected chi connectivity index (χ1v) is 10.8. The van der Waals surface area contributed by atoms with Crippen LogP contribution in [0.4, 0.5) is 10.5 Å². The predicted molar refractivity (Wildman–Crippen MR) is 120 cm³/mol. The largest absolute Gasteiger partial charge is 0.444 e. The SMILES string of the molecule is CC[C@@H]1CN(c2cc(=O)n(C)n3cc(CC#N)nc23)[C@@H](COC)CN1C(=O)OC(C)(C)C. The topological polar surface area (TPSA) is 105 Å². The van der Waals surface area contributed by atoms with Gasteiger partial charge in [0.25, 0.3) is 5.56 Å². The second kappa shape index (κ2) is 9.20. The molecule has 10 nitrogen and oxygen atoms in total.